The van der Waals surface area contributed by atoms with Crippen LogP contribution in [0.25, 0.3) is 0 Å². The molecule has 158 valence electrons. The van der Waals surface area contributed by atoms with Crippen molar-refractivity contribution in [3.05, 3.63) is 30.3 Å². The second-order valence-corrected chi connectivity index (χ2v) is 14.6. The molecule has 0 bridgehead atoms. The Morgan fingerprint density at radius 1 is 1.28 bits per heavy atom. The molecule has 2 fully saturated rings. The molecule has 0 unspecified atom stereocenters. The summed E-state index contributed by atoms with van der Waals surface area (Å²) < 4.78 is 10.4. The van der Waals surface area contributed by atoms with Gasteiger partial charge in [-0.3, -0.25) is 14.4 Å². The first-order valence-electron chi connectivity index (χ1n) is 9.32. The lowest BCUT2D eigenvalue weighted by Crippen LogP contribution is -2.71. The van der Waals surface area contributed by atoms with Crippen molar-refractivity contribution in [2.24, 2.45) is 0 Å². The van der Waals surface area contributed by atoms with Crippen molar-refractivity contribution in [1.82, 2.24) is 10.2 Å². The van der Waals surface area contributed by atoms with Crippen LogP contribution in [0.5, 0.6) is 5.75 Å². The number of alkyl halides is 1. The van der Waals surface area contributed by atoms with Crippen LogP contribution in [0.2, 0.25) is 19.6 Å². The third-order valence-corrected chi connectivity index (χ3v) is 7.83. The molecular weight excluding hydrogens is 432 g/mol. The number of fused-ring (bicyclic) bond motifs is 1. The number of carbonyl (C=O) groups excluding carboxylic acids is 3. The molecular formula is C19H25ClN2O5SSi. The van der Waals surface area contributed by atoms with Gasteiger partial charge in [0, 0.05) is 5.88 Å². The fourth-order valence-electron chi connectivity index (χ4n) is 3.36. The van der Waals surface area contributed by atoms with E-state index in [2.05, 4.69) is 5.32 Å². The molecule has 2 saturated heterocycles. The Balaban J connectivity index is 1.65. The minimum absolute atomic E-state index is 0.182. The number of hydrogen-bond acceptors (Lipinski definition) is 6. The molecule has 0 saturated carbocycles. The van der Waals surface area contributed by atoms with E-state index in [-0.39, 0.29) is 23.8 Å². The SMILES string of the molecule is C[C@@]1(CCl)S[C@@H]2[C@H](NC(=O)COc3ccccc3)C(=O)N2[C@H]1C(=O)O[Si](C)(C)C. The lowest BCUT2D eigenvalue weighted by molar-refractivity contribution is -0.160. The fourth-order valence-corrected chi connectivity index (χ4v) is 6.02. The molecule has 1 N–H and O–H groups in total. The van der Waals surface area contributed by atoms with Gasteiger partial charge in [0.1, 0.15) is 23.2 Å². The van der Waals surface area contributed by atoms with Crippen molar-refractivity contribution < 1.29 is 23.5 Å². The highest BCUT2D eigenvalue weighted by molar-refractivity contribution is 8.01. The molecule has 0 aliphatic carbocycles. The van der Waals surface area contributed by atoms with Gasteiger partial charge in [0.15, 0.2) is 6.61 Å². The van der Waals surface area contributed by atoms with Crippen molar-refractivity contribution in [2.75, 3.05) is 12.5 Å². The van der Waals surface area contributed by atoms with E-state index >= 15 is 0 Å². The number of halogens is 1. The van der Waals surface area contributed by atoms with Crippen LogP contribution in [0.4, 0.5) is 0 Å². The van der Waals surface area contributed by atoms with Crippen LogP contribution in [0, 0.1) is 0 Å². The van der Waals surface area contributed by atoms with Crippen molar-refractivity contribution in [2.45, 2.75) is 48.8 Å². The first-order valence-corrected chi connectivity index (χ1v) is 14.1. The Kier molecular flexibility index (Phi) is 6.21. The second-order valence-electron chi connectivity index (χ2n) is 8.28. The zero-order valence-corrected chi connectivity index (χ0v) is 19.4. The van der Waals surface area contributed by atoms with Crippen LogP contribution in [-0.2, 0) is 18.8 Å². The molecule has 3 rings (SSSR count). The van der Waals surface area contributed by atoms with Crippen molar-refractivity contribution >= 4 is 49.5 Å². The number of benzene rings is 1. The summed E-state index contributed by atoms with van der Waals surface area (Å²) in [5.74, 6) is -0.368. The van der Waals surface area contributed by atoms with Gasteiger partial charge in [-0.15, -0.1) is 23.4 Å². The number of carbonyl (C=O) groups is 3. The molecule has 1 aromatic rings. The van der Waals surface area contributed by atoms with Gasteiger partial charge < -0.3 is 19.4 Å². The Labute approximate surface area is 180 Å². The summed E-state index contributed by atoms with van der Waals surface area (Å²) in [5, 5.41) is 2.36. The summed E-state index contributed by atoms with van der Waals surface area (Å²) in [7, 11) is -2.12. The summed E-state index contributed by atoms with van der Waals surface area (Å²) >= 11 is 7.60. The molecule has 2 aliphatic rings. The predicted octanol–water partition coefficient (Wildman–Crippen LogP) is 2.21. The lowest BCUT2D eigenvalue weighted by atomic mass is 9.96. The monoisotopic (exact) mass is 456 g/mol. The van der Waals surface area contributed by atoms with Crippen molar-refractivity contribution in [3.63, 3.8) is 0 Å². The summed E-state index contributed by atoms with van der Waals surface area (Å²) in [6.45, 7) is 7.39. The van der Waals surface area contributed by atoms with Gasteiger partial charge in [-0.1, -0.05) is 18.2 Å². The van der Waals surface area contributed by atoms with E-state index in [1.165, 1.54) is 16.7 Å². The minimum Gasteiger partial charge on any atom is -0.518 e. The van der Waals surface area contributed by atoms with Crippen LogP contribution in [0.3, 0.4) is 0 Å². The average Bonchev–Trinajstić information content (AvgIpc) is 2.94. The van der Waals surface area contributed by atoms with Gasteiger partial charge in [0.2, 0.25) is 14.2 Å². The first-order chi connectivity index (χ1) is 13.6. The van der Waals surface area contributed by atoms with Crippen molar-refractivity contribution in [1.29, 1.82) is 0 Å². The van der Waals surface area contributed by atoms with Crippen LogP contribution in [-0.4, -0.2) is 65.7 Å². The highest BCUT2D eigenvalue weighted by atomic mass is 35.5. The Hall–Kier alpha value is -1.71. The number of amides is 2. The Bertz CT molecular complexity index is 806. The fraction of sp³-hybridized carbons (Fsp3) is 0.526. The van der Waals surface area contributed by atoms with Gasteiger partial charge in [0.05, 0.1) is 4.75 Å². The van der Waals surface area contributed by atoms with Gasteiger partial charge in [-0.05, 0) is 38.7 Å². The largest absolute Gasteiger partial charge is 0.518 e. The van der Waals surface area contributed by atoms with Crippen LogP contribution in [0.1, 0.15) is 6.92 Å². The average molecular weight is 457 g/mol. The summed E-state index contributed by atoms with van der Waals surface area (Å²) in [5.41, 5.74) is 0. The number of β-lactam (4-membered cyclic amide) rings is 1. The van der Waals surface area contributed by atoms with E-state index in [0.29, 0.717) is 5.75 Å². The van der Waals surface area contributed by atoms with Gasteiger partial charge >= 0.3 is 5.97 Å². The molecule has 0 aromatic heterocycles. The highest BCUT2D eigenvalue weighted by Gasteiger charge is 2.65. The zero-order valence-electron chi connectivity index (χ0n) is 16.8. The topological polar surface area (TPSA) is 84.9 Å². The van der Waals surface area contributed by atoms with Crippen LogP contribution >= 0.6 is 23.4 Å². The summed E-state index contributed by atoms with van der Waals surface area (Å²) in [6, 6.07) is 7.49. The first kappa shape index (κ1) is 22.0. The van der Waals surface area contributed by atoms with Gasteiger partial charge in [-0.2, -0.15) is 0 Å². The summed E-state index contributed by atoms with van der Waals surface area (Å²) in [6.07, 6.45) is 0. The quantitative estimate of drug-likeness (QED) is 0.384. The standard InChI is InChI=1S/C19H25ClN2O5SSi/c1-19(11-20)15(18(25)27-29(2,3)4)22-16(24)14(17(22)28-19)21-13(23)10-26-12-8-6-5-7-9-12/h5-9,14-15,17H,10-11H2,1-4H3,(H,21,23)/t14-,15+,17-,19+/m1/s1. The van der Waals surface area contributed by atoms with E-state index in [1.807, 2.05) is 44.8 Å². The Morgan fingerprint density at radius 2 is 1.93 bits per heavy atom. The third kappa shape index (κ3) is 4.56. The van der Waals surface area contributed by atoms with Crippen LogP contribution < -0.4 is 10.1 Å². The molecule has 2 aliphatic heterocycles. The molecule has 7 nitrogen and oxygen atoms in total. The number of ether oxygens (including phenoxy) is 1. The zero-order chi connectivity index (χ0) is 21.4. The third-order valence-electron chi connectivity index (χ3n) is 4.65. The van der Waals surface area contributed by atoms with E-state index in [1.54, 1.807) is 12.1 Å². The van der Waals surface area contributed by atoms with Gasteiger partial charge in [-0.25, -0.2) is 0 Å². The maximum Gasteiger partial charge on any atom is 0.317 e. The highest BCUT2D eigenvalue weighted by Crippen LogP contribution is 2.52. The van der Waals surface area contributed by atoms with E-state index in [9.17, 15) is 14.4 Å². The van der Waals surface area contributed by atoms with Gasteiger partial charge in [0.25, 0.3) is 5.91 Å². The smallest absolute Gasteiger partial charge is 0.317 e. The maximum absolute atomic E-state index is 12.8. The van der Waals surface area contributed by atoms with Crippen molar-refractivity contribution in [3.8, 4) is 5.75 Å². The number of nitrogens with one attached hydrogen (secondary N) is 1. The molecule has 2 heterocycles. The number of para-hydroxylation sites is 1. The van der Waals surface area contributed by atoms with E-state index in [4.69, 9.17) is 20.8 Å². The molecule has 4 atom stereocenters. The molecule has 2 amide bonds. The normalized spacial score (nSPS) is 28.4. The number of nitrogens with zero attached hydrogens (tertiary/aromatic N) is 1. The molecule has 0 spiro atoms. The molecule has 29 heavy (non-hydrogen) atoms. The number of thioether (sulfide) groups is 1. The number of rotatable bonds is 7. The predicted molar refractivity (Wildman–Crippen MR) is 114 cm³/mol. The molecule has 10 heteroatoms. The lowest BCUT2D eigenvalue weighted by Gasteiger charge is -2.44. The minimum atomic E-state index is -2.12. The van der Waals surface area contributed by atoms with E-state index in [0.717, 1.165) is 0 Å². The second kappa shape index (κ2) is 8.20. The Morgan fingerprint density at radius 3 is 2.52 bits per heavy atom. The molecule has 0 radical (unpaired) electrons. The number of hydrogen-bond donors (Lipinski definition) is 1. The maximum atomic E-state index is 12.8. The van der Waals surface area contributed by atoms with E-state index < -0.39 is 37.0 Å². The van der Waals surface area contributed by atoms with Crippen LogP contribution in [0.15, 0.2) is 30.3 Å². The molecule has 1 aromatic carbocycles. The summed E-state index contributed by atoms with van der Waals surface area (Å²) in [4.78, 5) is 39.3.